The van der Waals surface area contributed by atoms with Gasteiger partial charge in [-0.15, -0.1) is 0 Å². The Morgan fingerprint density at radius 3 is 2.58 bits per heavy atom. The zero-order valence-electron chi connectivity index (χ0n) is 14.8. The molecule has 0 aromatic heterocycles. The number of hydrogen-bond donors (Lipinski definition) is 1. The van der Waals surface area contributed by atoms with Gasteiger partial charge in [0.05, 0.1) is 0 Å². The Balaban J connectivity index is 1.64. The van der Waals surface area contributed by atoms with Crippen LogP contribution in [0.25, 0.3) is 0 Å². The van der Waals surface area contributed by atoms with E-state index in [1.54, 1.807) is 42.2 Å². The molecule has 6 heteroatoms. The normalized spacial score (nSPS) is 15.0. The molecule has 1 aliphatic rings. The molecular formula is C20H21ClN2O3. The van der Waals surface area contributed by atoms with E-state index in [0.717, 1.165) is 24.2 Å². The van der Waals surface area contributed by atoms with E-state index in [-0.39, 0.29) is 11.8 Å². The van der Waals surface area contributed by atoms with Crippen LogP contribution in [0.2, 0.25) is 5.02 Å². The summed E-state index contributed by atoms with van der Waals surface area (Å²) in [6.45, 7) is 4.37. The summed E-state index contributed by atoms with van der Waals surface area (Å²) in [6, 6.07) is 12.4. The van der Waals surface area contributed by atoms with Gasteiger partial charge in [-0.25, -0.2) is 0 Å². The topological polar surface area (TPSA) is 58.6 Å². The first-order valence-electron chi connectivity index (χ1n) is 8.58. The highest BCUT2D eigenvalue weighted by Gasteiger charge is 2.23. The van der Waals surface area contributed by atoms with Gasteiger partial charge in [-0.3, -0.25) is 9.59 Å². The molecule has 2 aromatic carbocycles. The standard InChI is InChI=1S/C20H21ClN2O3/c1-13-12-16(7-10-18(13)23-11-3-4-19(23)24)22-20(25)14(2)26-17-8-5-15(21)6-9-17/h5-10,12,14H,3-4,11H2,1-2H3,(H,22,25). The number of halogens is 1. The van der Waals surface area contributed by atoms with Crippen molar-refractivity contribution in [2.45, 2.75) is 32.8 Å². The molecule has 1 unspecified atom stereocenters. The molecule has 5 nitrogen and oxygen atoms in total. The molecule has 0 bridgehead atoms. The Hall–Kier alpha value is -2.53. The van der Waals surface area contributed by atoms with Crippen molar-refractivity contribution in [2.24, 2.45) is 0 Å². The van der Waals surface area contributed by atoms with Crippen molar-refractivity contribution in [2.75, 3.05) is 16.8 Å². The van der Waals surface area contributed by atoms with Crippen LogP contribution in [0.15, 0.2) is 42.5 Å². The fourth-order valence-corrected chi connectivity index (χ4v) is 3.08. The van der Waals surface area contributed by atoms with Gasteiger partial charge in [0, 0.05) is 29.4 Å². The maximum absolute atomic E-state index is 12.4. The summed E-state index contributed by atoms with van der Waals surface area (Å²) in [7, 11) is 0. The monoisotopic (exact) mass is 372 g/mol. The smallest absolute Gasteiger partial charge is 0.265 e. The van der Waals surface area contributed by atoms with Crippen LogP contribution in [-0.4, -0.2) is 24.5 Å². The predicted molar refractivity (Wildman–Crippen MR) is 103 cm³/mol. The van der Waals surface area contributed by atoms with Crippen LogP contribution in [0, 0.1) is 6.92 Å². The first-order valence-corrected chi connectivity index (χ1v) is 8.96. The number of carbonyl (C=O) groups is 2. The first-order chi connectivity index (χ1) is 12.4. The highest BCUT2D eigenvalue weighted by Crippen LogP contribution is 2.27. The third-order valence-corrected chi connectivity index (χ3v) is 4.58. The van der Waals surface area contributed by atoms with Gasteiger partial charge in [-0.05, 0) is 68.3 Å². The lowest BCUT2D eigenvalue weighted by Crippen LogP contribution is -2.30. The summed E-state index contributed by atoms with van der Waals surface area (Å²) < 4.78 is 5.63. The molecule has 0 radical (unpaired) electrons. The summed E-state index contributed by atoms with van der Waals surface area (Å²) in [4.78, 5) is 26.1. The van der Waals surface area contributed by atoms with Crippen LogP contribution >= 0.6 is 11.6 Å². The van der Waals surface area contributed by atoms with E-state index < -0.39 is 6.10 Å². The number of nitrogens with one attached hydrogen (secondary N) is 1. The molecule has 1 fully saturated rings. The zero-order valence-corrected chi connectivity index (χ0v) is 15.5. The minimum Gasteiger partial charge on any atom is -0.481 e. The van der Waals surface area contributed by atoms with E-state index in [2.05, 4.69) is 5.32 Å². The molecule has 0 saturated carbocycles. The minimum absolute atomic E-state index is 0.148. The van der Waals surface area contributed by atoms with Crippen molar-refractivity contribution < 1.29 is 14.3 Å². The lowest BCUT2D eigenvalue weighted by molar-refractivity contribution is -0.122. The van der Waals surface area contributed by atoms with Crippen molar-refractivity contribution in [1.29, 1.82) is 0 Å². The van der Waals surface area contributed by atoms with Gasteiger partial charge in [-0.1, -0.05) is 11.6 Å². The number of benzene rings is 2. The Morgan fingerprint density at radius 2 is 1.96 bits per heavy atom. The number of carbonyl (C=O) groups excluding carboxylic acids is 2. The maximum Gasteiger partial charge on any atom is 0.265 e. The molecule has 0 spiro atoms. The zero-order chi connectivity index (χ0) is 18.7. The van der Waals surface area contributed by atoms with Gasteiger partial charge in [0.15, 0.2) is 6.10 Å². The molecule has 1 aliphatic heterocycles. The summed E-state index contributed by atoms with van der Waals surface area (Å²) in [5, 5.41) is 3.46. The molecule has 26 heavy (non-hydrogen) atoms. The van der Waals surface area contributed by atoms with Gasteiger partial charge >= 0.3 is 0 Å². The van der Waals surface area contributed by atoms with Crippen molar-refractivity contribution >= 4 is 34.8 Å². The van der Waals surface area contributed by atoms with Gasteiger partial charge in [-0.2, -0.15) is 0 Å². The number of aryl methyl sites for hydroxylation is 1. The van der Waals surface area contributed by atoms with Crippen LogP contribution in [0.1, 0.15) is 25.3 Å². The van der Waals surface area contributed by atoms with Crippen LogP contribution in [0.3, 0.4) is 0 Å². The van der Waals surface area contributed by atoms with Crippen molar-refractivity contribution in [3.8, 4) is 5.75 Å². The van der Waals surface area contributed by atoms with Crippen LogP contribution in [0.5, 0.6) is 5.75 Å². The molecule has 2 aromatic rings. The molecule has 1 atom stereocenters. The van der Waals surface area contributed by atoms with E-state index in [0.29, 0.717) is 22.9 Å². The lowest BCUT2D eigenvalue weighted by atomic mass is 10.1. The molecule has 1 saturated heterocycles. The average molecular weight is 373 g/mol. The van der Waals surface area contributed by atoms with E-state index in [1.165, 1.54) is 0 Å². The van der Waals surface area contributed by atoms with Gasteiger partial charge in [0.1, 0.15) is 5.75 Å². The van der Waals surface area contributed by atoms with Crippen molar-refractivity contribution in [1.82, 2.24) is 0 Å². The Bertz CT molecular complexity index is 820. The Labute approximate surface area is 157 Å². The molecule has 0 aliphatic carbocycles. The fourth-order valence-electron chi connectivity index (χ4n) is 2.95. The number of hydrogen-bond acceptors (Lipinski definition) is 3. The third kappa shape index (κ3) is 4.17. The van der Waals surface area contributed by atoms with Gasteiger partial charge in [0.2, 0.25) is 5.91 Å². The number of amides is 2. The van der Waals surface area contributed by atoms with Crippen molar-refractivity contribution in [3.63, 3.8) is 0 Å². The Kier molecular flexibility index (Phi) is 5.47. The molecule has 3 rings (SSSR count). The average Bonchev–Trinajstić information content (AvgIpc) is 3.03. The van der Waals surface area contributed by atoms with Crippen LogP contribution < -0.4 is 15.0 Å². The fraction of sp³-hybridized carbons (Fsp3) is 0.300. The summed E-state index contributed by atoms with van der Waals surface area (Å²) in [5.41, 5.74) is 2.52. The molecule has 2 amide bonds. The van der Waals surface area contributed by atoms with Gasteiger partial charge in [0.25, 0.3) is 5.91 Å². The maximum atomic E-state index is 12.4. The van der Waals surface area contributed by atoms with Gasteiger partial charge < -0.3 is 15.0 Å². The minimum atomic E-state index is -0.656. The summed E-state index contributed by atoms with van der Waals surface area (Å²) in [5.74, 6) is 0.482. The third-order valence-electron chi connectivity index (χ3n) is 4.32. The van der Waals surface area contributed by atoms with E-state index in [1.807, 2.05) is 19.1 Å². The first kappa shape index (κ1) is 18.3. The SMILES string of the molecule is Cc1cc(NC(=O)C(C)Oc2ccc(Cl)cc2)ccc1N1CCCC1=O. The predicted octanol–water partition coefficient (Wildman–Crippen LogP) is 4.18. The Morgan fingerprint density at radius 1 is 1.23 bits per heavy atom. The second-order valence-corrected chi connectivity index (χ2v) is 6.79. The van der Waals surface area contributed by atoms with Crippen molar-refractivity contribution in [3.05, 3.63) is 53.1 Å². The summed E-state index contributed by atoms with van der Waals surface area (Å²) in [6.07, 6.45) is 0.824. The second-order valence-electron chi connectivity index (χ2n) is 6.35. The highest BCUT2D eigenvalue weighted by molar-refractivity contribution is 6.30. The second kappa shape index (κ2) is 7.79. The van der Waals surface area contributed by atoms with E-state index in [9.17, 15) is 9.59 Å². The molecular weight excluding hydrogens is 352 g/mol. The van der Waals surface area contributed by atoms with E-state index >= 15 is 0 Å². The lowest BCUT2D eigenvalue weighted by Gasteiger charge is -2.20. The molecule has 136 valence electrons. The number of anilines is 2. The summed E-state index contributed by atoms with van der Waals surface area (Å²) >= 11 is 5.84. The largest absolute Gasteiger partial charge is 0.481 e. The highest BCUT2D eigenvalue weighted by atomic mass is 35.5. The van der Waals surface area contributed by atoms with E-state index in [4.69, 9.17) is 16.3 Å². The number of ether oxygens (including phenoxy) is 1. The number of rotatable bonds is 5. The quantitative estimate of drug-likeness (QED) is 0.856. The van der Waals surface area contributed by atoms with Crippen LogP contribution in [-0.2, 0) is 9.59 Å². The molecule has 1 N–H and O–H groups in total. The molecule has 1 heterocycles. The van der Waals surface area contributed by atoms with Crippen LogP contribution in [0.4, 0.5) is 11.4 Å². The number of nitrogens with zero attached hydrogens (tertiary/aromatic N) is 1.